The van der Waals surface area contributed by atoms with Gasteiger partial charge in [0.05, 0.1) is 11.0 Å². The quantitative estimate of drug-likeness (QED) is 0.661. The van der Waals surface area contributed by atoms with Crippen LogP contribution in [0.15, 0.2) is 0 Å². The third-order valence-corrected chi connectivity index (χ3v) is 3.39. The molecule has 5 nitrogen and oxygen atoms in total. The summed E-state index contributed by atoms with van der Waals surface area (Å²) in [6.45, 7) is 3.55. The van der Waals surface area contributed by atoms with E-state index < -0.39 is 23.0 Å². The lowest BCUT2D eigenvalue weighted by molar-refractivity contribution is -0.148. The molecule has 1 fully saturated rings. The molecule has 2 amide bonds. The van der Waals surface area contributed by atoms with Crippen LogP contribution in [0.2, 0.25) is 0 Å². The number of aliphatic carboxylic acids is 1. The highest BCUT2D eigenvalue weighted by atomic mass is 16.4. The maximum Gasteiger partial charge on any atom is 0.315 e. The van der Waals surface area contributed by atoms with Crippen LogP contribution in [0, 0.1) is 17.8 Å². The number of nitrogens with one attached hydrogen (secondary N) is 2. The molecule has 0 aromatic heterocycles. The van der Waals surface area contributed by atoms with Crippen molar-refractivity contribution in [1.29, 1.82) is 0 Å². The van der Waals surface area contributed by atoms with E-state index in [2.05, 4.69) is 16.6 Å². The number of rotatable bonds is 4. The lowest BCUT2D eigenvalue weighted by Crippen LogP contribution is -2.50. The summed E-state index contributed by atoms with van der Waals surface area (Å²) >= 11 is 0. The van der Waals surface area contributed by atoms with Crippen molar-refractivity contribution in [2.75, 3.05) is 6.54 Å². The highest BCUT2D eigenvalue weighted by Crippen LogP contribution is 2.37. The largest absolute Gasteiger partial charge is 0.481 e. The molecule has 0 atom stereocenters. The summed E-state index contributed by atoms with van der Waals surface area (Å²) in [6, 6.07) is -0.425. The maximum atomic E-state index is 11.6. The summed E-state index contributed by atoms with van der Waals surface area (Å²) in [7, 11) is 0. The Hall–Kier alpha value is -1.70. The van der Waals surface area contributed by atoms with E-state index in [1.54, 1.807) is 13.8 Å². The molecule has 0 unspecified atom stereocenters. The Bertz CT molecular complexity index is 376. The lowest BCUT2D eigenvalue weighted by atomic mass is 9.86. The van der Waals surface area contributed by atoms with Crippen LogP contribution in [0.4, 0.5) is 4.79 Å². The Morgan fingerprint density at radius 2 is 1.94 bits per heavy atom. The number of hydrogen-bond donors (Lipinski definition) is 3. The summed E-state index contributed by atoms with van der Waals surface area (Å²) < 4.78 is 0. The highest BCUT2D eigenvalue weighted by molar-refractivity contribution is 5.79. The van der Waals surface area contributed by atoms with E-state index in [0.717, 1.165) is 12.8 Å². The monoisotopic (exact) mass is 252 g/mol. The van der Waals surface area contributed by atoms with Crippen molar-refractivity contribution in [3.05, 3.63) is 0 Å². The molecule has 0 aromatic carbocycles. The van der Waals surface area contributed by atoms with Gasteiger partial charge in [-0.15, -0.1) is 6.42 Å². The van der Waals surface area contributed by atoms with Gasteiger partial charge in [0.15, 0.2) is 0 Å². The van der Waals surface area contributed by atoms with Crippen molar-refractivity contribution < 1.29 is 14.7 Å². The highest BCUT2D eigenvalue weighted by Gasteiger charge is 2.41. The van der Waals surface area contributed by atoms with E-state index in [9.17, 15) is 14.7 Å². The molecule has 100 valence electrons. The van der Waals surface area contributed by atoms with Crippen LogP contribution >= 0.6 is 0 Å². The Morgan fingerprint density at radius 3 is 2.39 bits per heavy atom. The third-order valence-electron chi connectivity index (χ3n) is 3.39. The minimum Gasteiger partial charge on any atom is -0.481 e. The predicted octanol–water partition coefficient (Wildman–Crippen LogP) is 1.34. The molecule has 1 aliphatic carbocycles. The molecular formula is C13H20N2O3. The molecule has 1 aliphatic rings. The standard InChI is InChI=1S/C13H20N2O3/c1-4-12(2,3)15-11(18)14-9-13(10(16)17)7-5-6-8-13/h1H,5-9H2,2-3H3,(H,16,17)(H2,14,15,18). The maximum absolute atomic E-state index is 11.6. The number of carbonyl (C=O) groups excluding carboxylic acids is 1. The Kier molecular flexibility index (Phi) is 4.23. The summed E-state index contributed by atoms with van der Waals surface area (Å²) in [5, 5.41) is 14.5. The van der Waals surface area contributed by atoms with Gasteiger partial charge in [0.2, 0.25) is 0 Å². The summed E-state index contributed by atoms with van der Waals surface area (Å²) in [6.07, 6.45) is 8.27. The predicted molar refractivity (Wildman–Crippen MR) is 68.0 cm³/mol. The third kappa shape index (κ3) is 3.39. The average Bonchev–Trinajstić information content (AvgIpc) is 2.76. The summed E-state index contributed by atoms with van der Waals surface area (Å²) in [5.74, 6) is 1.61. The summed E-state index contributed by atoms with van der Waals surface area (Å²) in [4.78, 5) is 22.9. The molecule has 0 spiro atoms. The van der Waals surface area contributed by atoms with E-state index in [0.29, 0.717) is 12.8 Å². The van der Waals surface area contributed by atoms with Gasteiger partial charge in [-0.1, -0.05) is 18.8 Å². The van der Waals surface area contributed by atoms with Crippen molar-refractivity contribution in [1.82, 2.24) is 10.6 Å². The molecule has 1 rings (SSSR count). The van der Waals surface area contributed by atoms with Gasteiger partial charge < -0.3 is 15.7 Å². The second kappa shape index (κ2) is 5.30. The van der Waals surface area contributed by atoms with Crippen LogP contribution in [0.1, 0.15) is 39.5 Å². The van der Waals surface area contributed by atoms with Gasteiger partial charge in [0.1, 0.15) is 0 Å². The first-order valence-electron chi connectivity index (χ1n) is 6.08. The fourth-order valence-corrected chi connectivity index (χ4v) is 2.13. The first-order chi connectivity index (χ1) is 8.31. The van der Waals surface area contributed by atoms with E-state index >= 15 is 0 Å². The Balaban J connectivity index is 2.52. The molecule has 1 saturated carbocycles. The van der Waals surface area contributed by atoms with Crippen molar-refractivity contribution in [3.8, 4) is 12.3 Å². The van der Waals surface area contributed by atoms with Crippen molar-refractivity contribution >= 4 is 12.0 Å². The van der Waals surface area contributed by atoms with Crippen LogP contribution in [-0.2, 0) is 4.79 Å². The molecular weight excluding hydrogens is 232 g/mol. The van der Waals surface area contributed by atoms with Gasteiger partial charge >= 0.3 is 12.0 Å². The Morgan fingerprint density at radius 1 is 1.39 bits per heavy atom. The van der Waals surface area contributed by atoms with Crippen molar-refractivity contribution in [3.63, 3.8) is 0 Å². The van der Waals surface area contributed by atoms with Gasteiger partial charge in [-0.2, -0.15) is 0 Å². The zero-order valence-corrected chi connectivity index (χ0v) is 10.9. The van der Waals surface area contributed by atoms with Crippen LogP contribution in [-0.4, -0.2) is 29.2 Å². The first-order valence-corrected chi connectivity index (χ1v) is 6.08. The van der Waals surface area contributed by atoms with Crippen LogP contribution in [0.3, 0.4) is 0 Å². The van der Waals surface area contributed by atoms with Gasteiger partial charge in [-0.25, -0.2) is 4.79 Å². The SMILES string of the molecule is C#CC(C)(C)NC(=O)NCC1(C(=O)O)CCCC1. The molecule has 3 N–H and O–H groups in total. The van der Waals surface area contributed by atoms with E-state index in [4.69, 9.17) is 6.42 Å². The number of urea groups is 1. The molecule has 0 radical (unpaired) electrons. The topological polar surface area (TPSA) is 78.4 Å². The normalized spacial score (nSPS) is 17.8. The van der Waals surface area contributed by atoms with Crippen molar-refractivity contribution in [2.45, 2.75) is 45.1 Å². The van der Waals surface area contributed by atoms with E-state index in [1.165, 1.54) is 0 Å². The number of carboxylic acids is 1. The van der Waals surface area contributed by atoms with Gasteiger partial charge in [-0.05, 0) is 26.7 Å². The number of carboxylic acid groups (broad SMARTS) is 1. The molecule has 18 heavy (non-hydrogen) atoms. The number of carbonyl (C=O) groups is 2. The molecule has 0 heterocycles. The fourth-order valence-electron chi connectivity index (χ4n) is 2.13. The smallest absolute Gasteiger partial charge is 0.315 e. The second-order valence-electron chi connectivity index (χ2n) is 5.37. The van der Waals surface area contributed by atoms with E-state index in [-0.39, 0.29) is 6.54 Å². The number of amides is 2. The van der Waals surface area contributed by atoms with Gasteiger partial charge in [-0.3, -0.25) is 4.79 Å². The van der Waals surface area contributed by atoms with Gasteiger partial charge in [0.25, 0.3) is 0 Å². The minimum atomic E-state index is -0.837. The number of terminal acetylenes is 1. The van der Waals surface area contributed by atoms with Crippen LogP contribution < -0.4 is 10.6 Å². The summed E-state index contributed by atoms with van der Waals surface area (Å²) in [5.41, 5.74) is -1.55. The zero-order chi connectivity index (χ0) is 13.8. The van der Waals surface area contributed by atoms with E-state index in [1.807, 2.05) is 0 Å². The molecule has 0 bridgehead atoms. The van der Waals surface area contributed by atoms with Crippen LogP contribution in [0.5, 0.6) is 0 Å². The molecule has 0 saturated heterocycles. The second-order valence-corrected chi connectivity index (χ2v) is 5.37. The fraction of sp³-hybridized carbons (Fsp3) is 0.692. The Labute approximate surface area is 107 Å². The van der Waals surface area contributed by atoms with Crippen molar-refractivity contribution in [2.24, 2.45) is 5.41 Å². The van der Waals surface area contributed by atoms with Crippen LogP contribution in [0.25, 0.3) is 0 Å². The first kappa shape index (κ1) is 14.4. The zero-order valence-electron chi connectivity index (χ0n) is 10.9. The minimum absolute atomic E-state index is 0.148. The molecule has 0 aliphatic heterocycles. The molecule has 5 heteroatoms. The van der Waals surface area contributed by atoms with Gasteiger partial charge in [0, 0.05) is 6.54 Å². The average molecular weight is 252 g/mol. The molecule has 0 aromatic rings. The lowest BCUT2D eigenvalue weighted by Gasteiger charge is -2.26. The number of hydrogen-bond acceptors (Lipinski definition) is 2.